The van der Waals surface area contributed by atoms with Crippen molar-refractivity contribution in [2.45, 2.75) is 33.1 Å². The third-order valence-corrected chi connectivity index (χ3v) is 2.34. The third kappa shape index (κ3) is 4.11. The number of hydrogen-bond donors (Lipinski definition) is 0. The maximum Gasteiger partial charge on any atom is 0.159 e. The zero-order valence-electron chi connectivity index (χ0n) is 9.49. The Bertz CT molecular complexity index is 333. The van der Waals surface area contributed by atoms with E-state index in [0.717, 1.165) is 18.4 Å². The molecule has 0 saturated carbocycles. The second kappa shape index (κ2) is 6.18. The molecule has 80 valence electrons. The summed E-state index contributed by atoms with van der Waals surface area (Å²) >= 11 is 0. The van der Waals surface area contributed by atoms with Gasteiger partial charge in [0.1, 0.15) is 0 Å². The van der Waals surface area contributed by atoms with Crippen LogP contribution in [0.4, 0.5) is 0 Å². The van der Waals surface area contributed by atoms with Crippen LogP contribution in [0.15, 0.2) is 36.4 Å². The average molecular weight is 202 g/mol. The Kier molecular flexibility index (Phi) is 4.82. The molecule has 0 amide bonds. The lowest BCUT2D eigenvalue weighted by Gasteiger charge is -1.98. The van der Waals surface area contributed by atoms with Gasteiger partial charge in [-0.3, -0.25) is 4.79 Å². The van der Waals surface area contributed by atoms with Crippen molar-refractivity contribution >= 4 is 5.78 Å². The van der Waals surface area contributed by atoms with Crippen molar-refractivity contribution in [3.05, 3.63) is 47.5 Å². The van der Waals surface area contributed by atoms with Crippen molar-refractivity contribution in [3.8, 4) is 0 Å². The summed E-state index contributed by atoms with van der Waals surface area (Å²) in [5, 5.41) is 0. The van der Waals surface area contributed by atoms with Crippen LogP contribution >= 0.6 is 0 Å². The largest absolute Gasteiger partial charge is 0.295 e. The highest BCUT2D eigenvalue weighted by atomic mass is 16.1. The highest BCUT2D eigenvalue weighted by Gasteiger charge is 1.97. The maximum atomic E-state index is 11.0. The van der Waals surface area contributed by atoms with Crippen molar-refractivity contribution in [1.29, 1.82) is 0 Å². The van der Waals surface area contributed by atoms with Crippen molar-refractivity contribution in [2.24, 2.45) is 0 Å². The van der Waals surface area contributed by atoms with Crippen molar-refractivity contribution in [1.82, 2.24) is 0 Å². The third-order valence-electron chi connectivity index (χ3n) is 2.34. The molecule has 0 aliphatic carbocycles. The first-order chi connectivity index (χ1) is 7.24. The van der Waals surface area contributed by atoms with Crippen LogP contribution in [0.5, 0.6) is 0 Å². The van der Waals surface area contributed by atoms with Crippen LogP contribution in [-0.2, 0) is 6.42 Å². The van der Waals surface area contributed by atoms with Gasteiger partial charge in [0.15, 0.2) is 5.78 Å². The molecule has 15 heavy (non-hydrogen) atoms. The van der Waals surface area contributed by atoms with E-state index in [0.29, 0.717) is 0 Å². The summed E-state index contributed by atoms with van der Waals surface area (Å²) in [5.41, 5.74) is 2.05. The van der Waals surface area contributed by atoms with Gasteiger partial charge in [-0.15, -0.1) is 0 Å². The molecule has 0 spiro atoms. The summed E-state index contributed by atoms with van der Waals surface area (Å²) in [6, 6.07) is 7.83. The Hall–Kier alpha value is -1.37. The van der Waals surface area contributed by atoms with E-state index in [2.05, 4.69) is 19.1 Å². The number of rotatable bonds is 5. The molecule has 0 aromatic heterocycles. The Morgan fingerprint density at radius 2 is 1.87 bits per heavy atom. The van der Waals surface area contributed by atoms with E-state index < -0.39 is 0 Å². The lowest BCUT2D eigenvalue weighted by Crippen LogP contribution is -1.91. The fourth-order valence-electron chi connectivity index (χ4n) is 1.38. The molecule has 0 radical (unpaired) electrons. The molecule has 0 saturated heterocycles. The summed E-state index contributed by atoms with van der Waals surface area (Å²) in [5.74, 6) is 0.128. The molecule has 0 fully saturated rings. The van der Waals surface area contributed by atoms with Gasteiger partial charge in [0.2, 0.25) is 0 Å². The second-order valence-electron chi connectivity index (χ2n) is 3.72. The number of carbonyl (C=O) groups excluding carboxylic acids is 1. The number of hydrogen-bond acceptors (Lipinski definition) is 1. The van der Waals surface area contributed by atoms with Crippen LogP contribution < -0.4 is 0 Å². The zero-order valence-corrected chi connectivity index (χ0v) is 9.49. The van der Waals surface area contributed by atoms with Crippen LogP contribution in [0.25, 0.3) is 0 Å². The van der Waals surface area contributed by atoms with Gasteiger partial charge in [-0.1, -0.05) is 49.8 Å². The molecule has 0 heterocycles. The zero-order chi connectivity index (χ0) is 11.1. The fraction of sp³-hybridized carbons (Fsp3) is 0.357. The molecule has 1 heteroatoms. The molecule has 1 rings (SSSR count). The van der Waals surface area contributed by atoms with Gasteiger partial charge >= 0.3 is 0 Å². The summed E-state index contributed by atoms with van der Waals surface area (Å²) in [6.07, 6.45) is 7.69. The SMILES string of the molecule is CCC/C=C/Cc1ccc(C(C)=O)cc1. The first-order valence-corrected chi connectivity index (χ1v) is 5.49. The van der Waals surface area contributed by atoms with Crippen LogP contribution in [0.2, 0.25) is 0 Å². The number of Topliss-reactive ketones (excluding diaryl/α,β-unsaturated/α-hetero) is 1. The minimum absolute atomic E-state index is 0.128. The first kappa shape index (κ1) is 11.7. The van der Waals surface area contributed by atoms with E-state index in [1.54, 1.807) is 6.92 Å². The van der Waals surface area contributed by atoms with Crippen molar-refractivity contribution < 1.29 is 4.79 Å². The van der Waals surface area contributed by atoms with Crippen LogP contribution in [0, 0.1) is 0 Å². The van der Waals surface area contributed by atoms with E-state index in [1.165, 1.54) is 12.0 Å². The van der Waals surface area contributed by atoms with Gasteiger partial charge < -0.3 is 0 Å². The average Bonchev–Trinajstić information content (AvgIpc) is 2.25. The van der Waals surface area contributed by atoms with Gasteiger partial charge in [0, 0.05) is 5.56 Å². The maximum absolute atomic E-state index is 11.0. The second-order valence-corrected chi connectivity index (χ2v) is 3.72. The Morgan fingerprint density at radius 3 is 2.40 bits per heavy atom. The highest BCUT2D eigenvalue weighted by molar-refractivity contribution is 5.93. The molecule has 0 aliphatic rings. The van der Waals surface area contributed by atoms with Crippen LogP contribution in [0.3, 0.4) is 0 Å². The highest BCUT2D eigenvalue weighted by Crippen LogP contribution is 2.06. The lowest BCUT2D eigenvalue weighted by molar-refractivity contribution is 0.101. The minimum Gasteiger partial charge on any atom is -0.295 e. The Labute approximate surface area is 91.8 Å². The lowest BCUT2D eigenvalue weighted by atomic mass is 10.1. The predicted octanol–water partition coefficient (Wildman–Crippen LogP) is 3.79. The first-order valence-electron chi connectivity index (χ1n) is 5.49. The Morgan fingerprint density at radius 1 is 1.20 bits per heavy atom. The minimum atomic E-state index is 0.128. The van der Waals surface area contributed by atoms with Gasteiger partial charge in [0.25, 0.3) is 0 Å². The molecule has 0 unspecified atom stereocenters. The Balaban J connectivity index is 2.53. The summed E-state index contributed by atoms with van der Waals surface area (Å²) in [4.78, 5) is 11.0. The van der Waals surface area contributed by atoms with E-state index in [9.17, 15) is 4.79 Å². The fourth-order valence-corrected chi connectivity index (χ4v) is 1.38. The quantitative estimate of drug-likeness (QED) is 0.524. The number of carbonyl (C=O) groups is 1. The molecular formula is C14H18O. The topological polar surface area (TPSA) is 17.1 Å². The number of unbranched alkanes of at least 4 members (excludes halogenated alkanes) is 1. The van der Waals surface area contributed by atoms with Crippen molar-refractivity contribution in [2.75, 3.05) is 0 Å². The van der Waals surface area contributed by atoms with Gasteiger partial charge in [0.05, 0.1) is 0 Å². The number of allylic oxidation sites excluding steroid dienone is 2. The van der Waals surface area contributed by atoms with Crippen LogP contribution in [0.1, 0.15) is 42.6 Å². The smallest absolute Gasteiger partial charge is 0.159 e. The van der Waals surface area contributed by atoms with Gasteiger partial charge in [-0.05, 0) is 25.3 Å². The van der Waals surface area contributed by atoms with E-state index in [-0.39, 0.29) is 5.78 Å². The molecule has 0 atom stereocenters. The molecule has 1 aromatic carbocycles. The summed E-state index contributed by atoms with van der Waals surface area (Å²) in [6.45, 7) is 3.77. The summed E-state index contributed by atoms with van der Waals surface area (Å²) in [7, 11) is 0. The molecule has 1 nitrogen and oxygen atoms in total. The van der Waals surface area contributed by atoms with E-state index >= 15 is 0 Å². The van der Waals surface area contributed by atoms with Gasteiger partial charge in [-0.2, -0.15) is 0 Å². The van der Waals surface area contributed by atoms with Gasteiger partial charge in [-0.25, -0.2) is 0 Å². The molecule has 0 N–H and O–H groups in total. The van der Waals surface area contributed by atoms with Crippen molar-refractivity contribution in [3.63, 3.8) is 0 Å². The van der Waals surface area contributed by atoms with E-state index in [1.807, 2.05) is 24.3 Å². The molecule has 0 aliphatic heterocycles. The standard InChI is InChI=1S/C14H18O/c1-3-4-5-6-7-13-8-10-14(11-9-13)12(2)15/h5-6,8-11H,3-4,7H2,1-2H3/b6-5+. The normalized spacial score (nSPS) is 10.8. The molecular weight excluding hydrogens is 184 g/mol. The number of ketones is 1. The van der Waals surface area contributed by atoms with Crippen LogP contribution in [-0.4, -0.2) is 5.78 Å². The number of benzene rings is 1. The molecule has 1 aromatic rings. The molecule has 0 bridgehead atoms. The predicted molar refractivity (Wildman–Crippen MR) is 64.2 cm³/mol. The monoisotopic (exact) mass is 202 g/mol. The van der Waals surface area contributed by atoms with E-state index in [4.69, 9.17) is 0 Å². The summed E-state index contributed by atoms with van der Waals surface area (Å²) < 4.78 is 0.